The third-order valence-electron chi connectivity index (χ3n) is 6.88. The van der Waals surface area contributed by atoms with Crippen molar-refractivity contribution in [1.29, 1.82) is 0 Å². The molecule has 0 saturated heterocycles. The van der Waals surface area contributed by atoms with Crippen LogP contribution >= 0.6 is 24.6 Å². The van der Waals surface area contributed by atoms with Crippen molar-refractivity contribution in [3.05, 3.63) is 158 Å². The van der Waals surface area contributed by atoms with Gasteiger partial charge in [-0.25, -0.2) is 0 Å². The fraction of sp³-hybridized carbons (Fsp3) is 0. The van der Waals surface area contributed by atoms with Gasteiger partial charge in [-0.05, 0) is 121 Å². The largest absolute Gasteiger partial charge is 0.508 e. The Morgan fingerprint density at radius 1 is 0.423 bits per heavy atom. The SMILES string of the molecule is Oc1ccc(ON2P(Oc3ccc(O)cc3)N=P(Oc3ccccc3)(Oc3ccccc3)N(Oc3ccc(O)cc3)P2Oc2ccc(O)cc2)cc1. The lowest BCUT2D eigenvalue weighted by Gasteiger charge is -2.43. The smallest absolute Gasteiger partial charge is 0.447 e. The molecule has 0 aliphatic carbocycles. The number of para-hydroxylation sites is 2. The van der Waals surface area contributed by atoms with Crippen LogP contribution in [0.5, 0.6) is 57.5 Å². The summed E-state index contributed by atoms with van der Waals surface area (Å²) in [4.78, 5) is 13.1. The first kappa shape index (κ1) is 34.8. The zero-order valence-corrected chi connectivity index (χ0v) is 29.6. The van der Waals surface area contributed by atoms with Crippen LogP contribution in [0, 0.1) is 0 Å². The Morgan fingerprint density at radius 2 is 0.808 bits per heavy atom. The van der Waals surface area contributed by atoms with Crippen LogP contribution in [0.4, 0.5) is 0 Å². The monoisotopic (exact) mass is 757 g/mol. The van der Waals surface area contributed by atoms with E-state index in [-0.39, 0.29) is 28.7 Å². The number of phenols is 4. The average Bonchev–Trinajstić information content (AvgIpc) is 3.15. The molecule has 0 spiro atoms. The molecule has 0 radical (unpaired) electrons. The van der Waals surface area contributed by atoms with Gasteiger partial charge in [0.2, 0.25) is 0 Å². The van der Waals surface area contributed by atoms with Crippen LogP contribution in [0.3, 0.4) is 0 Å². The highest BCUT2D eigenvalue weighted by atomic mass is 31.3. The molecular formula is C36H30N3O10P3. The standard InChI is InChI=1S/C36H30N3O10P3/c40-27-11-19-31(20-12-27)44-38-50(46-33-23-15-29(42)16-24-33)37-52(48-35-7-3-1-4-8-35,49-36-9-5-2-6-10-36)39(45-32-21-13-28(41)14-22-32)51(38)47-34-25-17-30(43)18-26-34/h1-26,40-43H. The van der Waals surface area contributed by atoms with E-state index in [9.17, 15) is 20.4 Å². The van der Waals surface area contributed by atoms with Crippen molar-refractivity contribution in [2.24, 2.45) is 4.52 Å². The highest BCUT2D eigenvalue weighted by molar-refractivity contribution is 7.78. The van der Waals surface area contributed by atoms with Gasteiger partial charge in [0, 0.05) is 9.21 Å². The lowest BCUT2D eigenvalue weighted by molar-refractivity contribution is 0.0545. The third-order valence-corrected chi connectivity index (χ3v) is 13.7. The first-order valence-corrected chi connectivity index (χ1v) is 19.4. The van der Waals surface area contributed by atoms with Crippen molar-refractivity contribution in [2.75, 3.05) is 0 Å². The maximum Gasteiger partial charge on any atom is 0.447 e. The summed E-state index contributed by atoms with van der Waals surface area (Å²) in [6.45, 7) is 0. The zero-order valence-electron chi connectivity index (χ0n) is 26.9. The molecule has 0 saturated carbocycles. The third kappa shape index (κ3) is 8.44. The van der Waals surface area contributed by atoms with Gasteiger partial charge in [0.05, 0.1) is 0 Å². The van der Waals surface area contributed by atoms with E-state index in [1.54, 1.807) is 97.1 Å². The molecule has 6 aromatic rings. The molecule has 1 aliphatic rings. The van der Waals surface area contributed by atoms with E-state index in [1.807, 2.05) is 12.1 Å². The molecule has 4 N–H and O–H groups in total. The van der Waals surface area contributed by atoms with Crippen molar-refractivity contribution in [3.8, 4) is 57.5 Å². The number of hydrogen-bond donors (Lipinski definition) is 4. The lowest BCUT2D eigenvalue weighted by Crippen LogP contribution is -2.37. The fourth-order valence-corrected chi connectivity index (χ4v) is 11.9. The van der Waals surface area contributed by atoms with E-state index in [0.29, 0.717) is 28.7 Å². The molecule has 7 rings (SSSR count). The Hall–Kier alpha value is -5.67. The van der Waals surface area contributed by atoms with Gasteiger partial charge in [0.25, 0.3) is 0 Å². The molecule has 0 aromatic heterocycles. The van der Waals surface area contributed by atoms with Crippen LogP contribution in [-0.4, -0.2) is 29.6 Å². The van der Waals surface area contributed by atoms with Crippen molar-refractivity contribution < 1.29 is 48.2 Å². The Balaban J connectivity index is 1.47. The molecule has 52 heavy (non-hydrogen) atoms. The zero-order chi connectivity index (χ0) is 35.9. The van der Waals surface area contributed by atoms with Crippen LogP contribution in [0.25, 0.3) is 0 Å². The molecule has 0 fully saturated rings. The van der Waals surface area contributed by atoms with Gasteiger partial charge in [-0.15, -0.1) is 4.52 Å². The van der Waals surface area contributed by atoms with Crippen molar-refractivity contribution >= 4 is 24.6 Å². The van der Waals surface area contributed by atoms with Crippen LogP contribution in [-0.2, 0) is 0 Å². The molecule has 1 heterocycles. The molecule has 13 nitrogen and oxygen atoms in total. The Bertz CT molecular complexity index is 2070. The van der Waals surface area contributed by atoms with Crippen LogP contribution in [0.15, 0.2) is 162 Å². The number of rotatable bonds is 12. The molecule has 2 atom stereocenters. The van der Waals surface area contributed by atoms with Gasteiger partial charge in [-0.1, -0.05) is 36.4 Å². The summed E-state index contributed by atoms with van der Waals surface area (Å²) in [5, 5.41) is 40.2. The molecular weight excluding hydrogens is 727 g/mol. The van der Waals surface area contributed by atoms with E-state index in [1.165, 1.54) is 57.7 Å². The molecule has 264 valence electrons. The van der Waals surface area contributed by atoms with E-state index in [0.717, 1.165) is 0 Å². The van der Waals surface area contributed by atoms with Crippen LogP contribution < -0.4 is 27.8 Å². The number of nitrogens with zero attached hydrogens (tertiary/aromatic N) is 3. The molecule has 2 unspecified atom stereocenters. The molecule has 6 aromatic carbocycles. The summed E-state index contributed by atoms with van der Waals surface area (Å²) in [6.07, 6.45) is 0. The summed E-state index contributed by atoms with van der Waals surface area (Å²) in [5.41, 5.74) is 0. The molecule has 1 aliphatic heterocycles. The second-order valence-corrected chi connectivity index (χ2v) is 16.3. The number of benzene rings is 6. The summed E-state index contributed by atoms with van der Waals surface area (Å²) in [5.74, 6) is 2.07. The maximum absolute atomic E-state index is 10.1. The van der Waals surface area contributed by atoms with Gasteiger partial charge in [0.1, 0.15) is 57.5 Å². The highest BCUT2D eigenvalue weighted by Gasteiger charge is 2.58. The maximum atomic E-state index is 10.1. The van der Waals surface area contributed by atoms with E-state index < -0.39 is 24.6 Å². The topological polar surface area (TPSA) is 155 Å². The fourth-order valence-electron chi connectivity index (χ4n) is 4.44. The summed E-state index contributed by atoms with van der Waals surface area (Å²) in [7, 11) is -8.65. The summed E-state index contributed by atoms with van der Waals surface area (Å²) >= 11 is 0. The van der Waals surface area contributed by atoms with Gasteiger partial charge in [-0.3, -0.25) is 0 Å². The molecule has 16 heteroatoms. The predicted octanol–water partition coefficient (Wildman–Crippen LogP) is 10.1. The minimum absolute atomic E-state index is 0.0172. The van der Waals surface area contributed by atoms with Crippen molar-refractivity contribution in [3.63, 3.8) is 0 Å². The number of hydrogen-bond acceptors (Lipinski definition) is 13. The Kier molecular flexibility index (Phi) is 10.5. The highest BCUT2D eigenvalue weighted by Crippen LogP contribution is 2.77. The lowest BCUT2D eigenvalue weighted by atomic mass is 10.3. The molecule has 0 amide bonds. The van der Waals surface area contributed by atoms with Gasteiger partial charge in [-0.2, -0.15) is 0 Å². The first-order chi connectivity index (χ1) is 25.3. The van der Waals surface area contributed by atoms with Crippen molar-refractivity contribution in [1.82, 2.24) is 9.21 Å². The minimum Gasteiger partial charge on any atom is -0.508 e. The summed E-state index contributed by atoms with van der Waals surface area (Å²) < 4.78 is 34.7. The first-order valence-electron chi connectivity index (χ1n) is 15.5. The summed E-state index contributed by atoms with van der Waals surface area (Å²) in [6, 6.07) is 42.1. The van der Waals surface area contributed by atoms with E-state index in [2.05, 4.69) is 0 Å². The Morgan fingerprint density at radius 3 is 1.25 bits per heavy atom. The minimum atomic E-state index is -3.96. The van der Waals surface area contributed by atoms with Crippen molar-refractivity contribution in [2.45, 2.75) is 0 Å². The Labute approximate surface area is 301 Å². The van der Waals surface area contributed by atoms with Gasteiger partial charge >= 0.3 is 24.6 Å². The normalized spacial score (nSPS) is 16.9. The number of phenolic OH excluding ortho intramolecular Hbond substituents is 4. The van der Waals surface area contributed by atoms with Crippen LogP contribution in [0.1, 0.15) is 0 Å². The van der Waals surface area contributed by atoms with E-state index in [4.69, 9.17) is 32.3 Å². The molecule has 0 bridgehead atoms. The average molecular weight is 758 g/mol. The van der Waals surface area contributed by atoms with Gasteiger partial charge in [0.15, 0.2) is 0 Å². The van der Waals surface area contributed by atoms with Gasteiger partial charge < -0.3 is 48.2 Å². The second kappa shape index (κ2) is 15.7. The quantitative estimate of drug-likeness (QED) is 0.0878. The van der Waals surface area contributed by atoms with Crippen LogP contribution in [0.2, 0.25) is 0 Å². The number of aromatic hydroxyl groups is 4. The second-order valence-electron chi connectivity index (χ2n) is 10.7. The van der Waals surface area contributed by atoms with E-state index >= 15 is 0 Å². The predicted molar refractivity (Wildman–Crippen MR) is 196 cm³/mol.